The molecular weight excluding hydrogens is 374 g/mol. The summed E-state index contributed by atoms with van der Waals surface area (Å²) in [6.07, 6.45) is 6.55. The van der Waals surface area contributed by atoms with Gasteiger partial charge in [-0.05, 0) is 37.3 Å². The quantitative estimate of drug-likeness (QED) is 0.586. The lowest BCUT2D eigenvalue weighted by atomic mass is 9.83. The van der Waals surface area contributed by atoms with Crippen molar-refractivity contribution in [1.29, 1.82) is 0 Å². The number of fused-ring (bicyclic) bond motifs is 1. The Bertz CT molecular complexity index is 816. The Morgan fingerprint density at radius 1 is 1.20 bits per heavy atom. The highest BCUT2D eigenvalue weighted by molar-refractivity contribution is 5.80. The highest BCUT2D eigenvalue weighted by Crippen LogP contribution is 2.31. The van der Waals surface area contributed by atoms with Gasteiger partial charge in [0.1, 0.15) is 12.2 Å². The van der Waals surface area contributed by atoms with Crippen molar-refractivity contribution in [3.05, 3.63) is 48.0 Å². The summed E-state index contributed by atoms with van der Waals surface area (Å²) < 4.78 is 2.12. The summed E-state index contributed by atoms with van der Waals surface area (Å²) in [5.74, 6) is 2.78. The first-order valence-corrected chi connectivity index (χ1v) is 11.4. The number of aryl methyl sites for hydroxylation is 1. The third-order valence-electron chi connectivity index (χ3n) is 6.57. The van der Waals surface area contributed by atoms with Gasteiger partial charge in [-0.15, -0.1) is 10.2 Å². The Kier molecular flexibility index (Phi) is 7.00. The van der Waals surface area contributed by atoms with Crippen molar-refractivity contribution in [2.24, 2.45) is 10.9 Å². The van der Waals surface area contributed by atoms with Gasteiger partial charge in [0.05, 0.1) is 0 Å². The SMILES string of the molecule is CCc1nncn1CCNC(=NC)N1CCC2C(CCCN2Cc2ccccc2)C1. The average Bonchev–Trinajstić information content (AvgIpc) is 3.25. The summed E-state index contributed by atoms with van der Waals surface area (Å²) in [6.45, 7) is 8.28. The van der Waals surface area contributed by atoms with Crippen molar-refractivity contribution in [1.82, 2.24) is 29.9 Å². The fourth-order valence-electron chi connectivity index (χ4n) is 5.07. The summed E-state index contributed by atoms with van der Waals surface area (Å²) in [7, 11) is 1.90. The van der Waals surface area contributed by atoms with Crippen molar-refractivity contribution in [3.8, 4) is 0 Å². The number of guanidine groups is 1. The maximum Gasteiger partial charge on any atom is 0.193 e. The topological polar surface area (TPSA) is 61.6 Å². The van der Waals surface area contributed by atoms with Crippen LogP contribution in [-0.4, -0.2) is 69.8 Å². The summed E-state index contributed by atoms with van der Waals surface area (Å²) >= 11 is 0. The van der Waals surface area contributed by atoms with Gasteiger partial charge in [-0.2, -0.15) is 0 Å². The minimum atomic E-state index is 0.692. The Morgan fingerprint density at radius 2 is 2.07 bits per heavy atom. The molecule has 1 aromatic heterocycles. The van der Waals surface area contributed by atoms with E-state index in [9.17, 15) is 0 Å². The molecule has 2 saturated heterocycles. The van der Waals surface area contributed by atoms with Gasteiger partial charge in [0.2, 0.25) is 0 Å². The number of hydrogen-bond acceptors (Lipinski definition) is 4. The van der Waals surface area contributed by atoms with E-state index >= 15 is 0 Å². The number of piperidine rings is 2. The van der Waals surface area contributed by atoms with Gasteiger partial charge in [-0.3, -0.25) is 9.89 Å². The normalized spacial score (nSPS) is 22.7. The summed E-state index contributed by atoms with van der Waals surface area (Å²) in [6, 6.07) is 11.6. The van der Waals surface area contributed by atoms with Crippen molar-refractivity contribution >= 4 is 5.96 Å². The van der Waals surface area contributed by atoms with Gasteiger partial charge in [-0.1, -0.05) is 37.3 Å². The van der Waals surface area contributed by atoms with Crippen LogP contribution in [0.5, 0.6) is 0 Å². The molecule has 2 aliphatic heterocycles. The minimum absolute atomic E-state index is 0.692. The molecule has 0 radical (unpaired) electrons. The zero-order valence-electron chi connectivity index (χ0n) is 18.4. The van der Waals surface area contributed by atoms with Crippen LogP contribution in [-0.2, 0) is 19.5 Å². The number of nitrogens with one attached hydrogen (secondary N) is 1. The second-order valence-electron chi connectivity index (χ2n) is 8.43. The minimum Gasteiger partial charge on any atom is -0.354 e. The molecule has 1 aromatic carbocycles. The number of likely N-dealkylation sites (tertiary alicyclic amines) is 2. The predicted molar refractivity (Wildman–Crippen MR) is 120 cm³/mol. The second-order valence-corrected chi connectivity index (χ2v) is 8.43. The second kappa shape index (κ2) is 10.1. The van der Waals surface area contributed by atoms with Gasteiger partial charge in [0.15, 0.2) is 5.96 Å². The van der Waals surface area contributed by atoms with E-state index in [4.69, 9.17) is 0 Å². The maximum atomic E-state index is 4.57. The van der Waals surface area contributed by atoms with Gasteiger partial charge in [0, 0.05) is 52.2 Å². The van der Waals surface area contributed by atoms with E-state index in [0.29, 0.717) is 6.04 Å². The number of benzene rings is 1. The van der Waals surface area contributed by atoms with E-state index in [1.54, 1.807) is 0 Å². The molecule has 7 heteroatoms. The molecule has 3 heterocycles. The third-order valence-corrected chi connectivity index (χ3v) is 6.57. The molecule has 2 unspecified atom stereocenters. The molecule has 0 spiro atoms. The Morgan fingerprint density at radius 3 is 2.87 bits per heavy atom. The van der Waals surface area contributed by atoms with Gasteiger partial charge in [0.25, 0.3) is 0 Å². The van der Waals surface area contributed by atoms with Crippen LogP contribution >= 0.6 is 0 Å². The third kappa shape index (κ3) is 4.83. The smallest absolute Gasteiger partial charge is 0.193 e. The first kappa shape index (κ1) is 20.8. The highest BCUT2D eigenvalue weighted by Gasteiger charge is 2.36. The van der Waals surface area contributed by atoms with Crippen molar-refractivity contribution in [2.75, 3.05) is 33.2 Å². The monoisotopic (exact) mass is 409 g/mol. The molecule has 2 fully saturated rings. The first-order chi connectivity index (χ1) is 14.8. The van der Waals surface area contributed by atoms with Crippen molar-refractivity contribution in [3.63, 3.8) is 0 Å². The van der Waals surface area contributed by atoms with E-state index in [-0.39, 0.29) is 0 Å². The van der Waals surface area contributed by atoms with Crippen LogP contribution < -0.4 is 5.32 Å². The van der Waals surface area contributed by atoms with E-state index in [0.717, 1.165) is 56.8 Å². The van der Waals surface area contributed by atoms with Gasteiger partial charge < -0.3 is 14.8 Å². The molecule has 4 rings (SSSR count). The molecule has 7 nitrogen and oxygen atoms in total. The lowest BCUT2D eigenvalue weighted by Gasteiger charge is -2.48. The van der Waals surface area contributed by atoms with Crippen LogP contribution in [0.4, 0.5) is 0 Å². The molecule has 0 aliphatic carbocycles. The van der Waals surface area contributed by atoms with E-state index in [2.05, 4.69) is 72.1 Å². The number of hydrogen-bond donors (Lipinski definition) is 1. The zero-order valence-corrected chi connectivity index (χ0v) is 18.4. The molecule has 2 atom stereocenters. The molecule has 2 aliphatic rings. The lowest BCUT2D eigenvalue weighted by Crippen LogP contribution is -2.56. The Balaban J connectivity index is 1.31. The van der Waals surface area contributed by atoms with Crippen molar-refractivity contribution in [2.45, 2.75) is 51.7 Å². The van der Waals surface area contributed by atoms with Crippen LogP contribution in [0, 0.1) is 5.92 Å². The van der Waals surface area contributed by atoms with Crippen LogP contribution in [0.15, 0.2) is 41.7 Å². The number of rotatable bonds is 6. The van der Waals surface area contributed by atoms with Gasteiger partial charge >= 0.3 is 0 Å². The van der Waals surface area contributed by atoms with Crippen LogP contribution in [0.25, 0.3) is 0 Å². The molecule has 0 bridgehead atoms. The fourth-order valence-corrected chi connectivity index (χ4v) is 5.07. The average molecular weight is 410 g/mol. The fraction of sp³-hybridized carbons (Fsp3) is 0.609. The number of nitrogens with zero attached hydrogens (tertiary/aromatic N) is 6. The molecule has 1 N–H and O–H groups in total. The van der Waals surface area contributed by atoms with E-state index in [1.807, 2.05) is 13.4 Å². The Labute approximate surface area is 180 Å². The molecule has 30 heavy (non-hydrogen) atoms. The molecule has 0 saturated carbocycles. The molecule has 0 amide bonds. The first-order valence-electron chi connectivity index (χ1n) is 11.4. The maximum absolute atomic E-state index is 4.57. The molecular formula is C23H35N7. The highest BCUT2D eigenvalue weighted by atomic mass is 15.3. The summed E-state index contributed by atoms with van der Waals surface area (Å²) in [4.78, 5) is 9.75. The zero-order chi connectivity index (χ0) is 20.8. The van der Waals surface area contributed by atoms with Crippen LogP contribution in [0.3, 0.4) is 0 Å². The summed E-state index contributed by atoms with van der Waals surface area (Å²) in [5, 5.41) is 11.7. The molecule has 2 aromatic rings. The number of aromatic nitrogens is 3. The largest absolute Gasteiger partial charge is 0.354 e. The lowest BCUT2D eigenvalue weighted by molar-refractivity contribution is 0.0372. The predicted octanol–water partition coefficient (Wildman–Crippen LogP) is 2.40. The van der Waals surface area contributed by atoms with Crippen LogP contribution in [0.2, 0.25) is 0 Å². The summed E-state index contributed by atoms with van der Waals surface area (Å²) in [5.41, 5.74) is 1.43. The van der Waals surface area contributed by atoms with E-state index in [1.165, 1.54) is 31.4 Å². The Hall–Kier alpha value is -2.41. The molecule has 162 valence electrons. The standard InChI is InChI=1S/C23H35N7/c1-3-22-27-26-18-30(22)15-12-25-23(24-2)29-14-11-21-20(17-29)10-7-13-28(21)16-19-8-5-4-6-9-19/h4-6,8-9,18,20-21H,3,7,10-17H2,1-2H3,(H,24,25). The van der Waals surface area contributed by atoms with Gasteiger partial charge in [-0.25, -0.2) is 0 Å². The van der Waals surface area contributed by atoms with E-state index < -0.39 is 0 Å². The number of aliphatic imine (C=N–C) groups is 1. The van der Waals surface area contributed by atoms with Crippen LogP contribution in [0.1, 0.15) is 37.6 Å². The van der Waals surface area contributed by atoms with Crippen molar-refractivity contribution < 1.29 is 0 Å².